The standard InChI is InChI=1S/C17H19NOS/c1-12-11-15-16(18-10-9-17(15)20-12)8-5-13-3-6-14(19-2)7-4-13/h3-4,6-7,11H,5,8-10H2,1-2H3. The highest BCUT2D eigenvalue weighted by atomic mass is 32.1. The van der Waals surface area contributed by atoms with E-state index in [1.807, 2.05) is 23.5 Å². The van der Waals surface area contributed by atoms with Crippen molar-refractivity contribution in [2.45, 2.75) is 26.2 Å². The molecule has 2 nitrogen and oxygen atoms in total. The van der Waals surface area contributed by atoms with Crippen molar-refractivity contribution in [2.75, 3.05) is 13.7 Å². The summed E-state index contributed by atoms with van der Waals surface area (Å²) in [5.74, 6) is 0.916. The van der Waals surface area contributed by atoms with Crippen LogP contribution in [0.1, 0.15) is 27.3 Å². The Bertz CT molecular complexity index is 625. The van der Waals surface area contributed by atoms with Gasteiger partial charge in [0.05, 0.1) is 7.11 Å². The lowest BCUT2D eigenvalue weighted by Gasteiger charge is -2.13. The molecule has 0 aliphatic carbocycles. The summed E-state index contributed by atoms with van der Waals surface area (Å²) in [4.78, 5) is 7.64. The summed E-state index contributed by atoms with van der Waals surface area (Å²) in [6.45, 7) is 3.13. The van der Waals surface area contributed by atoms with Crippen LogP contribution >= 0.6 is 11.3 Å². The van der Waals surface area contributed by atoms with E-state index >= 15 is 0 Å². The molecule has 1 aliphatic heterocycles. The van der Waals surface area contributed by atoms with Crippen LogP contribution in [0, 0.1) is 6.92 Å². The molecule has 3 heteroatoms. The lowest BCUT2D eigenvalue weighted by molar-refractivity contribution is 0.414. The average molecular weight is 285 g/mol. The monoisotopic (exact) mass is 285 g/mol. The molecule has 0 saturated carbocycles. The summed E-state index contributed by atoms with van der Waals surface area (Å²) < 4.78 is 5.19. The highest BCUT2D eigenvalue weighted by Gasteiger charge is 2.16. The van der Waals surface area contributed by atoms with E-state index in [2.05, 4.69) is 25.1 Å². The Kier molecular flexibility index (Phi) is 3.88. The van der Waals surface area contributed by atoms with Crippen molar-refractivity contribution in [1.82, 2.24) is 0 Å². The van der Waals surface area contributed by atoms with Crippen molar-refractivity contribution in [3.05, 3.63) is 51.2 Å². The van der Waals surface area contributed by atoms with E-state index in [0.717, 1.165) is 31.6 Å². The second kappa shape index (κ2) is 5.80. The number of nitrogens with zero attached hydrogens (tertiary/aromatic N) is 1. The van der Waals surface area contributed by atoms with Crippen LogP contribution in [0.25, 0.3) is 0 Å². The van der Waals surface area contributed by atoms with Gasteiger partial charge in [-0.15, -0.1) is 11.3 Å². The highest BCUT2D eigenvalue weighted by molar-refractivity contribution is 7.12. The van der Waals surface area contributed by atoms with Gasteiger partial charge in [-0.2, -0.15) is 0 Å². The zero-order valence-electron chi connectivity index (χ0n) is 12.0. The summed E-state index contributed by atoms with van der Waals surface area (Å²) in [6.07, 6.45) is 3.17. The second-order valence-electron chi connectivity index (χ2n) is 5.12. The Morgan fingerprint density at radius 2 is 2.00 bits per heavy atom. The number of methoxy groups -OCH3 is 1. The summed E-state index contributed by atoms with van der Waals surface area (Å²) in [5.41, 5.74) is 4.02. The van der Waals surface area contributed by atoms with Gasteiger partial charge in [0.1, 0.15) is 5.75 Å². The van der Waals surface area contributed by atoms with Crippen LogP contribution in [0.4, 0.5) is 0 Å². The van der Waals surface area contributed by atoms with E-state index in [0.29, 0.717) is 0 Å². The Balaban J connectivity index is 1.70. The molecular formula is C17H19NOS. The molecule has 0 unspecified atom stereocenters. The molecule has 0 saturated heterocycles. The second-order valence-corrected chi connectivity index (χ2v) is 6.46. The fourth-order valence-electron chi connectivity index (χ4n) is 2.64. The van der Waals surface area contributed by atoms with Crippen LogP contribution in [0.15, 0.2) is 35.3 Å². The minimum absolute atomic E-state index is 0.916. The van der Waals surface area contributed by atoms with Gasteiger partial charge >= 0.3 is 0 Å². The average Bonchev–Trinajstić information content (AvgIpc) is 2.86. The fraction of sp³-hybridized carbons (Fsp3) is 0.353. The minimum atomic E-state index is 0.916. The van der Waals surface area contributed by atoms with Crippen molar-refractivity contribution in [2.24, 2.45) is 4.99 Å². The van der Waals surface area contributed by atoms with Gasteiger partial charge in [0.25, 0.3) is 0 Å². The molecule has 0 spiro atoms. The Hall–Kier alpha value is -1.61. The normalized spacial score (nSPS) is 13.8. The van der Waals surface area contributed by atoms with Gasteiger partial charge in [0.15, 0.2) is 0 Å². The number of benzene rings is 1. The molecule has 0 amide bonds. The first-order chi connectivity index (χ1) is 9.76. The first kappa shape index (κ1) is 13.4. The Morgan fingerprint density at radius 3 is 2.75 bits per heavy atom. The molecule has 1 aromatic heterocycles. The third-order valence-corrected chi connectivity index (χ3v) is 4.80. The topological polar surface area (TPSA) is 21.6 Å². The van der Waals surface area contributed by atoms with Gasteiger partial charge < -0.3 is 4.74 Å². The molecule has 0 radical (unpaired) electrons. The van der Waals surface area contributed by atoms with Gasteiger partial charge in [-0.25, -0.2) is 0 Å². The van der Waals surface area contributed by atoms with Crippen LogP contribution in [0.3, 0.4) is 0 Å². The lowest BCUT2D eigenvalue weighted by atomic mass is 9.99. The zero-order valence-corrected chi connectivity index (χ0v) is 12.8. The third kappa shape index (κ3) is 2.78. The van der Waals surface area contributed by atoms with Crippen molar-refractivity contribution in [3.8, 4) is 5.75 Å². The number of hydrogen-bond acceptors (Lipinski definition) is 3. The van der Waals surface area contributed by atoms with Crippen LogP contribution < -0.4 is 4.74 Å². The SMILES string of the molecule is COc1ccc(CCC2=NCCc3sc(C)cc32)cc1. The van der Waals surface area contributed by atoms with Crippen LogP contribution in [0.2, 0.25) is 0 Å². The predicted molar refractivity (Wildman–Crippen MR) is 85.5 cm³/mol. The maximum atomic E-state index is 5.19. The van der Waals surface area contributed by atoms with Gasteiger partial charge in [-0.3, -0.25) is 4.99 Å². The van der Waals surface area contributed by atoms with Crippen molar-refractivity contribution in [1.29, 1.82) is 0 Å². The van der Waals surface area contributed by atoms with Gasteiger partial charge in [-0.1, -0.05) is 12.1 Å². The summed E-state index contributed by atoms with van der Waals surface area (Å²) in [6, 6.07) is 10.6. The van der Waals surface area contributed by atoms with Gasteiger partial charge in [0.2, 0.25) is 0 Å². The summed E-state index contributed by atoms with van der Waals surface area (Å²) >= 11 is 1.92. The third-order valence-electron chi connectivity index (χ3n) is 3.69. The molecule has 2 aromatic rings. The smallest absolute Gasteiger partial charge is 0.118 e. The first-order valence-corrected chi connectivity index (χ1v) is 7.84. The van der Waals surface area contributed by atoms with E-state index in [4.69, 9.17) is 9.73 Å². The van der Waals surface area contributed by atoms with Gasteiger partial charge in [-0.05, 0) is 43.5 Å². The number of rotatable bonds is 4. The molecule has 0 fully saturated rings. The predicted octanol–water partition coefficient (Wildman–Crippen LogP) is 4.04. The molecule has 0 bridgehead atoms. The number of hydrogen-bond donors (Lipinski definition) is 0. The van der Waals surface area contributed by atoms with Gasteiger partial charge in [0, 0.05) is 34.0 Å². The Morgan fingerprint density at radius 1 is 1.20 bits per heavy atom. The number of fused-ring (bicyclic) bond motifs is 1. The molecule has 2 heterocycles. The number of aryl methyl sites for hydroxylation is 2. The molecule has 104 valence electrons. The molecular weight excluding hydrogens is 266 g/mol. The van der Waals surface area contributed by atoms with E-state index in [1.165, 1.54) is 26.6 Å². The maximum absolute atomic E-state index is 5.19. The fourth-order valence-corrected chi connectivity index (χ4v) is 3.68. The number of ether oxygens (including phenoxy) is 1. The van der Waals surface area contributed by atoms with E-state index in [1.54, 1.807) is 7.11 Å². The molecule has 0 N–H and O–H groups in total. The minimum Gasteiger partial charge on any atom is -0.497 e. The maximum Gasteiger partial charge on any atom is 0.118 e. The zero-order chi connectivity index (χ0) is 13.9. The highest BCUT2D eigenvalue weighted by Crippen LogP contribution is 2.27. The van der Waals surface area contributed by atoms with Crippen molar-refractivity contribution in [3.63, 3.8) is 0 Å². The molecule has 20 heavy (non-hydrogen) atoms. The first-order valence-electron chi connectivity index (χ1n) is 7.02. The summed E-state index contributed by atoms with van der Waals surface area (Å²) in [7, 11) is 1.70. The molecule has 3 rings (SSSR count). The van der Waals surface area contributed by atoms with Crippen molar-refractivity contribution < 1.29 is 4.74 Å². The van der Waals surface area contributed by atoms with Crippen LogP contribution in [-0.2, 0) is 12.8 Å². The van der Waals surface area contributed by atoms with Crippen LogP contribution in [-0.4, -0.2) is 19.4 Å². The molecule has 0 atom stereocenters. The van der Waals surface area contributed by atoms with E-state index in [9.17, 15) is 0 Å². The number of aliphatic imine (C=N–C) groups is 1. The number of thiophene rings is 1. The quantitative estimate of drug-likeness (QED) is 0.830. The lowest BCUT2D eigenvalue weighted by Crippen LogP contribution is -2.11. The van der Waals surface area contributed by atoms with E-state index < -0.39 is 0 Å². The molecule has 1 aromatic carbocycles. The Labute approximate surface area is 124 Å². The molecule has 1 aliphatic rings. The summed E-state index contributed by atoms with van der Waals surface area (Å²) in [5, 5.41) is 0. The van der Waals surface area contributed by atoms with Crippen molar-refractivity contribution >= 4 is 17.0 Å². The largest absolute Gasteiger partial charge is 0.497 e. The van der Waals surface area contributed by atoms with E-state index in [-0.39, 0.29) is 0 Å². The van der Waals surface area contributed by atoms with Crippen LogP contribution in [0.5, 0.6) is 5.75 Å².